The Morgan fingerprint density at radius 3 is 2.57 bits per heavy atom. The van der Waals surface area contributed by atoms with Crippen LogP contribution >= 0.6 is 0 Å². The van der Waals surface area contributed by atoms with E-state index in [0.717, 1.165) is 30.6 Å². The second-order valence-electron chi connectivity index (χ2n) is 6.80. The zero-order valence-electron chi connectivity index (χ0n) is 15.2. The van der Waals surface area contributed by atoms with Crippen molar-refractivity contribution in [2.75, 3.05) is 13.1 Å². The first-order valence-corrected chi connectivity index (χ1v) is 9.17. The minimum atomic E-state index is -0.575. The molecule has 1 aromatic heterocycles. The predicted octanol–water partition coefficient (Wildman–Crippen LogP) is 3.96. The standard InChI is InChI=1S/C21H19N3O4/c25-21(15-5-8-17(9-6-15)24(26)27)28-19-10-7-16(14-23-12-1-2-13-23)18-4-3-11-22-20(18)19/h3-11H,1-2,12-14H2. The maximum absolute atomic E-state index is 12.5. The van der Waals surface area contributed by atoms with Crippen LogP contribution in [0.1, 0.15) is 28.8 Å². The van der Waals surface area contributed by atoms with Crippen LogP contribution in [0.3, 0.4) is 0 Å². The summed E-state index contributed by atoms with van der Waals surface area (Å²) in [7, 11) is 0. The fraction of sp³-hybridized carbons (Fsp3) is 0.238. The maximum atomic E-state index is 12.5. The number of carbonyl (C=O) groups excluding carboxylic acids is 1. The van der Waals surface area contributed by atoms with Crippen molar-refractivity contribution in [1.82, 2.24) is 9.88 Å². The lowest BCUT2D eigenvalue weighted by molar-refractivity contribution is -0.384. The van der Waals surface area contributed by atoms with E-state index in [4.69, 9.17) is 4.74 Å². The Morgan fingerprint density at radius 2 is 1.86 bits per heavy atom. The smallest absolute Gasteiger partial charge is 0.343 e. The van der Waals surface area contributed by atoms with Gasteiger partial charge < -0.3 is 4.74 Å². The highest BCUT2D eigenvalue weighted by molar-refractivity contribution is 5.95. The molecule has 1 fully saturated rings. The number of carbonyl (C=O) groups is 1. The van der Waals surface area contributed by atoms with Crippen molar-refractivity contribution < 1.29 is 14.5 Å². The van der Waals surface area contributed by atoms with E-state index in [1.165, 1.54) is 37.1 Å². The van der Waals surface area contributed by atoms with E-state index in [0.29, 0.717) is 11.3 Å². The van der Waals surface area contributed by atoms with E-state index in [1.807, 2.05) is 18.2 Å². The molecule has 142 valence electrons. The van der Waals surface area contributed by atoms with E-state index in [1.54, 1.807) is 12.3 Å². The van der Waals surface area contributed by atoms with Gasteiger partial charge in [-0.2, -0.15) is 0 Å². The van der Waals surface area contributed by atoms with E-state index < -0.39 is 10.9 Å². The third-order valence-corrected chi connectivity index (χ3v) is 4.93. The van der Waals surface area contributed by atoms with Crippen LogP contribution in [0.4, 0.5) is 5.69 Å². The average molecular weight is 377 g/mol. The van der Waals surface area contributed by atoms with E-state index in [9.17, 15) is 14.9 Å². The first kappa shape index (κ1) is 18.1. The largest absolute Gasteiger partial charge is 0.421 e. The molecule has 7 heteroatoms. The highest BCUT2D eigenvalue weighted by Crippen LogP contribution is 2.29. The Morgan fingerprint density at radius 1 is 1.11 bits per heavy atom. The summed E-state index contributed by atoms with van der Waals surface area (Å²) in [5.74, 6) is -0.196. The minimum Gasteiger partial charge on any atom is -0.421 e. The molecule has 0 spiro atoms. The number of likely N-dealkylation sites (tertiary alicyclic amines) is 1. The van der Waals surface area contributed by atoms with Crippen LogP contribution in [0, 0.1) is 10.1 Å². The quantitative estimate of drug-likeness (QED) is 0.290. The van der Waals surface area contributed by atoms with Crippen molar-refractivity contribution in [3.05, 3.63) is 76.0 Å². The van der Waals surface area contributed by atoms with E-state index in [2.05, 4.69) is 9.88 Å². The van der Waals surface area contributed by atoms with Gasteiger partial charge in [-0.3, -0.25) is 20.0 Å². The van der Waals surface area contributed by atoms with Gasteiger partial charge in [0.15, 0.2) is 5.75 Å². The Balaban J connectivity index is 1.60. The molecule has 0 atom stereocenters. The lowest BCUT2D eigenvalue weighted by Gasteiger charge is -2.17. The molecular formula is C21H19N3O4. The van der Waals surface area contributed by atoms with Crippen molar-refractivity contribution in [3.8, 4) is 5.75 Å². The van der Waals surface area contributed by atoms with Gasteiger partial charge in [-0.15, -0.1) is 0 Å². The normalized spacial score (nSPS) is 14.3. The van der Waals surface area contributed by atoms with Gasteiger partial charge >= 0.3 is 5.97 Å². The van der Waals surface area contributed by atoms with E-state index in [-0.39, 0.29) is 11.3 Å². The topological polar surface area (TPSA) is 85.6 Å². The molecule has 0 amide bonds. The van der Waals surface area contributed by atoms with Crippen molar-refractivity contribution in [2.45, 2.75) is 19.4 Å². The molecule has 1 saturated heterocycles. The van der Waals surface area contributed by atoms with Gasteiger partial charge in [0.2, 0.25) is 0 Å². The second-order valence-corrected chi connectivity index (χ2v) is 6.80. The van der Waals surface area contributed by atoms with Gasteiger partial charge in [0.25, 0.3) is 5.69 Å². The van der Waals surface area contributed by atoms with Gasteiger partial charge in [-0.1, -0.05) is 12.1 Å². The van der Waals surface area contributed by atoms with Crippen LogP contribution in [0.5, 0.6) is 5.75 Å². The van der Waals surface area contributed by atoms with Crippen molar-refractivity contribution in [2.24, 2.45) is 0 Å². The predicted molar refractivity (Wildman–Crippen MR) is 104 cm³/mol. The van der Waals surface area contributed by atoms with Gasteiger partial charge in [0.05, 0.1) is 10.5 Å². The number of aromatic nitrogens is 1. The Hall–Kier alpha value is -3.32. The third-order valence-electron chi connectivity index (χ3n) is 4.93. The highest BCUT2D eigenvalue weighted by atomic mass is 16.6. The molecule has 0 aliphatic carbocycles. The number of esters is 1. The summed E-state index contributed by atoms with van der Waals surface area (Å²) in [6.45, 7) is 3.04. The molecule has 0 bridgehead atoms. The molecule has 1 aliphatic rings. The summed E-state index contributed by atoms with van der Waals surface area (Å²) in [6, 6.07) is 12.9. The molecule has 3 aromatic rings. The molecule has 2 heterocycles. The highest BCUT2D eigenvalue weighted by Gasteiger charge is 2.17. The number of ether oxygens (including phenoxy) is 1. The Labute approximate surface area is 161 Å². The van der Waals surface area contributed by atoms with Crippen LogP contribution < -0.4 is 4.74 Å². The number of nitrogens with zero attached hydrogens (tertiary/aromatic N) is 3. The van der Waals surface area contributed by atoms with Gasteiger partial charge in [-0.25, -0.2) is 4.79 Å². The molecule has 1 aliphatic heterocycles. The first-order valence-electron chi connectivity index (χ1n) is 9.17. The van der Waals surface area contributed by atoms with Crippen LogP contribution in [-0.4, -0.2) is 33.9 Å². The minimum absolute atomic E-state index is 0.0741. The number of nitro benzene ring substituents is 1. The number of hydrogen-bond donors (Lipinski definition) is 0. The van der Waals surface area contributed by atoms with Crippen LogP contribution in [-0.2, 0) is 6.54 Å². The Kier molecular flexibility index (Phi) is 4.99. The molecule has 0 saturated carbocycles. The van der Waals surface area contributed by atoms with Gasteiger partial charge in [-0.05, 0) is 55.8 Å². The lowest BCUT2D eigenvalue weighted by Crippen LogP contribution is -2.18. The number of nitro groups is 1. The van der Waals surface area contributed by atoms with Crippen LogP contribution in [0.15, 0.2) is 54.7 Å². The number of benzene rings is 2. The molecule has 28 heavy (non-hydrogen) atoms. The molecule has 0 radical (unpaired) electrons. The summed E-state index contributed by atoms with van der Waals surface area (Å²) in [4.78, 5) is 29.5. The van der Waals surface area contributed by atoms with Crippen molar-refractivity contribution in [3.63, 3.8) is 0 Å². The second kappa shape index (κ2) is 7.74. The monoisotopic (exact) mass is 377 g/mol. The number of hydrogen-bond acceptors (Lipinski definition) is 6. The molecule has 0 N–H and O–H groups in total. The number of pyridine rings is 1. The molecule has 0 unspecified atom stereocenters. The fourth-order valence-corrected chi connectivity index (χ4v) is 3.49. The SMILES string of the molecule is O=C(Oc1ccc(CN2CCCC2)c2cccnc12)c1ccc([N+](=O)[O-])cc1. The van der Waals surface area contributed by atoms with Crippen LogP contribution in [0.2, 0.25) is 0 Å². The van der Waals surface area contributed by atoms with Crippen molar-refractivity contribution >= 4 is 22.6 Å². The number of rotatable bonds is 5. The molecule has 4 rings (SSSR count). The Bertz CT molecular complexity index is 1030. The summed E-state index contributed by atoms with van der Waals surface area (Å²) in [5.41, 5.74) is 1.96. The fourth-order valence-electron chi connectivity index (χ4n) is 3.49. The number of non-ortho nitro benzene ring substituents is 1. The van der Waals surface area contributed by atoms with Crippen molar-refractivity contribution in [1.29, 1.82) is 0 Å². The zero-order valence-corrected chi connectivity index (χ0v) is 15.2. The first-order chi connectivity index (χ1) is 13.6. The van der Waals surface area contributed by atoms with Gasteiger partial charge in [0, 0.05) is 30.3 Å². The van der Waals surface area contributed by atoms with Crippen LogP contribution in [0.25, 0.3) is 10.9 Å². The summed E-state index contributed by atoms with van der Waals surface area (Å²) in [6.07, 6.45) is 4.12. The number of fused-ring (bicyclic) bond motifs is 1. The van der Waals surface area contributed by atoms with Gasteiger partial charge in [0.1, 0.15) is 5.52 Å². The average Bonchev–Trinajstić information content (AvgIpc) is 3.23. The van der Waals surface area contributed by atoms with E-state index >= 15 is 0 Å². The molecule has 2 aromatic carbocycles. The summed E-state index contributed by atoms with van der Waals surface area (Å²) in [5, 5.41) is 11.7. The summed E-state index contributed by atoms with van der Waals surface area (Å²) >= 11 is 0. The zero-order chi connectivity index (χ0) is 19.5. The molecule has 7 nitrogen and oxygen atoms in total. The summed E-state index contributed by atoms with van der Waals surface area (Å²) < 4.78 is 5.55. The molecular weight excluding hydrogens is 358 g/mol. The third kappa shape index (κ3) is 3.70. The lowest BCUT2D eigenvalue weighted by atomic mass is 10.1. The maximum Gasteiger partial charge on any atom is 0.343 e.